The molecule has 1 atom stereocenters. The van der Waals surface area contributed by atoms with Crippen LogP contribution >= 0.6 is 0 Å². The Bertz CT molecular complexity index is 1290. The Hall–Kier alpha value is -3.06. The Morgan fingerprint density at radius 2 is 1.76 bits per heavy atom. The molecule has 0 aliphatic heterocycles. The number of carbonyl (C=O) groups excluding carboxylic acids is 1. The van der Waals surface area contributed by atoms with Crippen molar-refractivity contribution in [3.05, 3.63) is 77.5 Å². The van der Waals surface area contributed by atoms with Crippen LogP contribution in [0.1, 0.15) is 43.0 Å². The molecule has 0 saturated heterocycles. The van der Waals surface area contributed by atoms with Gasteiger partial charge < -0.3 is 10.1 Å². The number of amides is 1. The quantitative estimate of drug-likeness (QED) is 0.490. The zero-order chi connectivity index (χ0) is 24.6. The van der Waals surface area contributed by atoms with Crippen LogP contribution in [0.4, 0.5) is 4.79 Å². The lowest BCUT2D eigenvalue weighted by Crippen LogP contribution is -2.39. The molecule has 2 aromatic carbocycles. The number of nitrogens with zero attached hydrogens (tertiary/aromatic N) is 1. The van der Waals surface area contributed by atoms with Crippen molar-refractivity contribution >= 4 is 27.0 Å². The Kier molecular flexibility index (Phi) is 6.75. The number of nitrogens with one attached hydrogen (secondary N) is 1. The molecule has 0 fully saturated rings. The van der Waals surface area contributed by atoms with Gasteiger partial charge in [0, 0.05) is 11.6 Å². The maximum Gasteiger partial charge on any atom is 0.408 e. The summed E-state index contributed by atoms with van der Waals surface area (Å²) >= 11 is 0. The summed E-state index contributed by atoms with van der Waals surface area (Å²) in [6.07, 6.45) is 3.09. The van der Waals surface area contributed by atoms with Gasteiger partial charge in [-0.25, -0.2) is 17.2 Å². The average Bonchev–Trinajstić information content (AvgIpc) is 3.04. The zero-order valence-corrected chi connectivity index (χ0v) is 20.9. The van der Waals surface area contributed by atoms with Gasteiger partial charge in [0.2, 0.25) is 0 Å². The molecule has 1 unspecified atom stereocenters. The van der Waals surface area contributed by atoms with Gasteiger partial charge in [0.1, 0.15) is 5.60 Å². The van der Waals surface area contributed by atoms with Gasteiger partial charge in [-0.05, 0) is 70.7 Å². The van der Waals surface area contributed by atoms with E-state index in [1.54, 1.807) is 39.1 Å². The number of hydrogen-bond acceptors (Lipinski definition) is 4. The molecule has 0 aliphatic carbocycles. The summed E-state index contributed by atoms with van der Waals surface area (Å²) in [4.78, 5) is 12.6. The Labute approximate surface area is 196 Å². The Balaban J connectivity index is 2.04. The van der Waals surface area contributed by atoms with Crippen LogP contribution in [-0.4, -0.2) is 30.1 Å². The standard InChI is InChI=1S/C26H32N2O4S/c1-8-21(27-25(29)32-26(5,6)7)15-20-16-28(23-12-10-9-11-22(20)23)33(30,31)24-18(3)13-17(2)14-19(24)4/h8-14,16,21H,1,15H2,2-7H3,(H,27,29). The van der Waals surface area contributed by atoms with Crippen LogP contribution in [0.15, 0.2) is 60.1 Å². The van der Waals surface area contributed by atoms with Gasteiger partial charge in [0.05, 0.1) is 16.5 Å². The molecule has 0 saturated carbocycles. The highest BCUT2D eigenvalue weighted by Gasteiger charge is 2.26. The van der Waals surface area contributed by atoms with Crippen molar-refractivity contribution in [1.29, 1.82) is 0 Å². The monoisotopic (exact) mass is 468 g/mol. The summed E-state index contributed by atoms with van der Waals surface area (Å²) < 4.78 is 34.2. The van der Waals surface area contributed by atoms with Gasteiger partial charge in [-0.2, -0.15) is 0 Å². The minimum atomic E-state index is -3.83. The van der Waals surface area contributed by atoms with Crippen LogP contribution in [0.5, 0.6) is 0 Å². The van der Waals surface area contributed by atoms with Crippen molar-refractivity contribution in [2.45, 2.75) is 64.5 Å². The predicted octanol–water partition coefficient (Wildman–Crippen LogP) is 5.43. The highest BCUT2D eigenvalue weighted by atomic mass is 32.2. The van der Waals surface area contributed by atoms with Crippen LogP contribution in [0, 0.1) is 20.8 Å². The summed E-state index contributed by atoms with van der Waals surface area (Å²) in [6, 6.07) is 10.7. The summed E-state index contributed by atoms with van der Waals surface area (Å²) in [5, 5.41) is 3.61. The summed E-state index contributed by atoms with van der Waals surface area (Å²) in [6.45, 7) is 14.8. The Morgan fingerprint density at radius 1 is 1.15 bits per heavy atom. The number of fused-ring (bicyclic) bond motifs is 1. The molecule has 3 rings (SSSR count). The van der Waals surface area contributed by atoms with Crippen molar-refractivity contribution in [1.82, 2.24) is 9.29 Å². The fourth-order valence-electron chi connectivity index (χ4n) is 4.14. The van der Waals surface area contributed by atoms with Gasteiger partial charge in [0.15, 0.2) is 0 Å². The van der Waals surface area contributed by atoms with Crippen LogP contribution in [-0.2, 0) is 21.2 Å². The lowest BCUT2D eigenvalue weighted by atomic mass is 10.1. The molecule has 3 aromatic rings. The third kappa shape index (κ3) is 5.30. The van der Waals surface area contributed by atoms with Crippen LogP contribution in [0.2, 0.25) is 0 Å². The van der Waals surface area contributed by atoms with Gasteiger partial charge in [0.25, 0.3) is 10.0 Å². The summed E-state index contributed by atoms with van der Waals surface area (Å²) in [5.41, 5.74) is 3.20. The molecular formula is C26H32N2O4S. The number of aromatic nitrogens is 1. The van der Waals surface area contributed by atoms with Crippen LogP contribution in [0.25, 0.3) is 10.9 Å². The first-order valence-electron chi connectivity index (χ1n) is 10.9. The molecule has 1 amide bonds. The lowest BCUT2D eigenvalue weighted by molar-refractivity contribution is 0.0514. The van der Waals surface area contributed by atoms with Gasteiger partial charge in [-0.3, -0.25) is 0 Å². The smallest absolute Gasteiger partial charge is 0.408 e. The largest absolute Gasteiger partial charge is 0.444 e. The van der Waals surface area contributed by atoms with Crippen molar-refractivity contribution in [3.63, 3.8) is 0 Å². The first-order chi connectivity index (χ1) is 15.3. The second kappa shape index (κ2) is 9.06. The highest BCUT2D eigenvalue weighted by Crippen LogP contribution is 2.30. The number of para-hydroxylation sites is 1. The summed E-state index contributed by atoms with van der Waals surface area (Å²) in [7, 11) is -3.83. The molecule has 0 spiro atoms. The minimum Gasteiger partial charge on any atom is -0.444 e. The summed E-state index contributed by atoms with van der Waals surface area (Å²) in [5.74, 6) is 0. The van der Waals surface area contributed by atoms with Crippen molar-refractivity contribution < 1.29 is 17.9 Å². The van der Waals surface area contributed by atoms with Crippen molar-refractivity contribution in [2.75, 3.05) is 0 Å². The average molecular weight is 469 g/mol. The number of carbonyl (C=O) groups is 1. The maximum absolute atomic E-state index is 13.8. The second-order valence-corrected chi connectivity index (χ2v) is 11.1. The fraction of sp³-hybridized carbons (Fsp3) is 0.346. The third-order valence-corrected chi connectivity index (χ3v) is 7.29. The highest BCUT2D eigenvalue weighted by molar-refractivity contribution is 7.90. The van der Waals surface area contributed by atoms with Crippen molar-refractivity contribution in [3.8, 4) is 0 Å². The van der Waals surface area contributed by atoms with Gasteiger partial charge in [-0.15, -0.1) is 6.58 Å². The molecule has 0 aliphatic rings. The normalized spacial score (nSPS) is 13.0. The first-order valence-corrected chi connectivity index (χ1v) is 12.3. The van der Waals surface area contributed by atoms with Crippen LogP contribution in [0.3, 0.4) is 0 Å². The van der Waals surface area contributed by atoms with E-state index in [2.05, 4.69) is 11.9 Å². The molecule has 7 heteroatoms. The number of rotatable bonds is 6. The number of ether oxygens (including phenoxy) is 1. The maximum atomic E-state index is 13.8. The first kappa shape index (κ1) is 24.6. The van der Waals surface area contributed by atoms with E-state index in [9.17, 15) is 13.2 Å². The van der Waals surface area contributed by atoms with E-state index in [1.165, 1.54) is 3.97 Å². The molecule has 1 heterocycles. The molecule has 0 radical (unpaired) electrons. The van der Waals surface area contributed by atoms with Gasteiger partial charge in [-0.1, -0.05) is 42.0 Å². The fourth-order valence-corrected chi connectivity index (χ4v) is 5.95. The molecule has 6 nitrogen and oxygen atoms in total. The molecule has 1 N–H and O–H groups in total. The number of aryl methyl sites for hydroxylation is 3. The number of hydrogen-bond donors (Lipinski definition) is 1. The molecular weight excluding hydrogens is 436 g/mol. The van der Waals surface area contributed by atoms with Crippen molar-refractivity contribution in [2.24, 2.45) is 0 Å². The number of alkyl carbamates (subject to hydrolysis) is 1. The van der Waals surface area contributed by atoms with Crippen LogP contribution < -0.4 is 5.32 Å². The molecule has 1 aromatic heterocycles. The van der Waals surface area contributed by atoms with E-state index >= 15 is 0 Å². The van der Waals surface area contributed by atoms with E-state index in [0.29, 0.717) is 28.0 Å². The van der Waals surface area contributed by atoms with E-state index in [1.807, 2.05) is 51.1 Å². The predicted molar refractivity (Wildman–Crippen MR) is 132 cm³/mol. The Morgan fingerprint density at radius 3 is 2.33 bits per heavy atom. The van der Waals surface area contributed by atoms with E-state index < -0.39 is 27.8 Å². The lowest BCUT2D eigenvalue weighted by Gasteiger charge is -2.22. The van der Waals surface area contributed by atoms with Gasteiger partial charge >= 0.3 is 6.09 Å². The van der Waals surface area contributed by atoms with E-state index in [0.717, 1.165) is 16.5 Å². The topological polar surface area (TPSA) is 77.4 Å². The third-order valence-electron chi connectivity index (χ3n) is 5.31. The second-order valence-electron chi connectivity index (χ2n) is 9.39. The zero-order valence-electron chi connectivity index (χ0n) is 20.1. The molecule has 33 heavy (non-hydrogen) atoms. The molecule has 0 bridgehead atoms. The SMILES string of the molecule is C=CC(Cc1cn(S(=O)(=O)c2c(C)cc(C)cc2C)c2ccccc12)NC(=O)OC(C)(C)C. The van der Waals surface area contributed by atoms with E-state index in [-0.39, 0.29) is 0 Å². The van der Waals surface area contributed by atoms with E-state index in [4.69, 9.17) is 4.74 Å². The number of benzene rings is 2. The minimum absolute atomic E-state index is 0.313. The molecule has 176 valence electrons.